The van der Waals surface area contributed by atoms with Crippen molar-refractivity contribution >= 4 is 6.09 Å². The molecule has 1 amide bonds. The summed E-state index contributed by atoms with van der Waals surface area (Å²) in [5.41, 5.74) is -0.738. The fourth-order valence-electron chi connectivity index (χ4n) is 1.88. The van der Waals surface area contributed by atoms with Gasteiger partial charge in [-0.2, -0.15) is 0 Å². The van der Waals surface area contributed by atoms with Gasteiger partial charge in [0.25, 0.3) is 0 Å². The Hall–Kier alpha value is -1.21. The van der Waals surface area contributed by atoms with Crippen molar-refractivity contribution in [3.8, 4) is 12.3 Å². The molecule has 0 radical (unpaired) electrons. The summed E-state index contributed by atoms with van der Waals surface area (Å²) >= 11 is 0. The van der Waals surface area contributed by atoms with Crippen LogP contribution in [0, 0.1) is 12.3 Å². The van der Waals surface area contributed by atoms with Crippen molar-refractivity contribution in [3.05, 3.63) is 0 Å². The number of hydrogen-bond acceptors (Lipinski definition) is 3. The van der Waals surface area contributed by atoms with Crippen molar-refractivity contribution in [2.45, 2.75) is 70.7 Å². The molecule has 1 fully saturated rings. The van der Waals surface area contributed by atoms with Crippen LogP contribution < -0.4 is 10.6 Å². The number of hydrogen-bond donors (Lipinski definition) is 2. The van der Waals surface area contributed by atoms with Gasteiger partial charge in [0.1, 0.15) is 5.60 Å². The fourth-order valence-corrected chi connectivity index (χ4v) is 1.88. The molecule has 0 spiro atoms. The van der Waals surface area contributed by atoms with E-state index < -0.39 is 5.60 Å². The highest BCUT2D eigenvalue weighted by molar-refractivity contribution is 5.68. The van der Waals surface area contributed by atoms with E-state index in [0.29, 0.717) is 6.04 Å². The van der Waals surface area contributed by atoms with E-state index in [-0.39, 0.29) is 17.7 Å². The van der Waals surface area contributed by atoms with Crippen LogP contribution in [0.15, 0.2) is 0 Å². The molecular formula is C14H24N2O2. The Balaban J connectivity index is 2.24. The lowest BCUT2D eigenvalue weighted by molar-refractivity contribution is 0.0462. The van der Waals surface area contributed by atoms with Gasteiger partial charge in [-0.05, 0) is 47.5 Å². The van der Waals surface area contributed by atoms with Crippen molar-refractivity contribution in [3.63, 3.8) is 0 Å². The highest BCUT2D eigenvalue weighted by Crippen LogP contribution is 2.22. The quantitative estimate of drug-likeness (QED) is 0.756. The summed E-state index contributed by atoms with van der Waals surface area (Å²) in [6.45, 7) is 9.51. The van der Waals surface area contributed by atoms with Gasteiger partial charge in [-0.15, -0.1) is 6.42 Å². The molecule has 102 valence electrons. The van der Waals surface area contributed by atoms with E-state index >= 15 is 0 Å². The second-order valence-corrected chi connectivity index (χ2v) is 6.43. The lowest BCUT2D eigenvalue weighted by atomic mass is 9.85. The van der Waals surface area contributed by atoms with E-state index in [1.807, 2.05) is 34.6 Å². The molecule has 1 aliphatic carbocycles. The molecule has 0 atom stereocenters. The minimum Gasteiger partial charge on any atom is -0.444 e. The average molecular weight is 252 g/mol. The van der Waals surface area contributed by atoms with Crippen LogP contribution in [0.2, 0.25) is 0 Å². The first-order valence-electron chi connectivity index (χ1n) is 6.36. The van der Waals surface area contributed by atoms with Crippen LogP contribution in [0.3, 0.4) is 0 Å². The second kappa shape index (κ2) is 5.19. The summed E-state index contributed by atoms with van der Waals surface area (Å²) < 4.78 is 5.20. The summed E-state index contributed by atoms with van der Waals surface area (Å²) in [7, 11) is 0. The number of alkyl carbamates (subject to hydrolysis) is 1. The number of carbonyl (C=O) groups excluding carboxylic acids is 1. The first-order chi connectivity index (χ1) is 8.11. The average Bonchev–Trinajstić information content (AvgIpc) is 2.11. The van der Waals surface area contributed by atoms with Gasteiger partial charge in [0.2, 0.25) is 0 Å². The Bertz CT molecular complexity index is 344. The third-order valence-electron chi connectivity index (χ3n) is 2.78. The zero-order valence-corrected chi connectivity index (χ0v) is 12.0. The summed E-state index contributed by atoms with van der Waals surface area (Å²) in [6, 6.07) is 0.557. The number of amides is 1. The molecular weight excluding hydrogens is 228 g/mol. The zero-order chi connectivity index (χ0) is 14.0. The number of carbonyl (C=O) groups is 1. The molecule has 0 aliphatic heterocycles. The number of terminal acetylenes is 1. The number of ether oxygens (including phenoxy) is 1. The molecule has 0 aromatic rings. The Morgan fingerprint density at radius 3 is 2.22 bits per heavy atom. The SMILES string of the molecule is C#CC(C)(C)NC1CC(NC(=O)OC(C)(C)C)C1. The van der Waals surface area contributed by atoms with Crippen molar-refractivity contribution in [2.24, 2.45) is 0 Å². The molecule has 0 unspecified atom stereocenters. The summed E-state index contributed by atoms with van der Waals surface area (Å²) in [5.74, 6) is 2.70. The zero-order valence-electron chi connectivity index (χ0n) is 12.0. The van der Waals surface area contributed by atoms with Gasteiger partial charge in [-0.3, -0.25) is 5.32 Å². The highest BCUT2D eigenvalue weighted by atomic mass is 16.6. The van der Waals surface area contributed by atoms with E-state index in [2.05, 4.69) is 16.6 Å². The van der Waals surface area contributed by atoms with Crippen LogP contribution in [-0.2, 0) is 4.74 Å². The van der Waals surface area contributed by atoms with Crippen LogP contribution in [-0.4, -0.2) is 29.3 Å². The minimum absolute atomic E-state index is 0.186. The highest BCUT2D eigenvalue weighted by Gasteiger charge is 2.34. The molecule has 2 N–H and O–H groups in total. The van der Waals surface area contributed by atoms with Crippen LogP contribution in [0.5, 0.6) is 0 Å². The van der Waals surface area contributed by atoms with Crippen LogP contribution in [0.25, 0.3) is 0 Å². The fraction of sp³-hybridized carbons (Fsp3) is 0.786. The van der Waals surface area contributed by atoms with Gasteiger partial charge in [-0.25, -0.2) is 4.79 Å². The Morgan fingerprint density at radius 2 is 1.78 bits per heavy atom. The summed E-state index contributed by atoms with van der Waals surface area (Å²) in [6.07, 6.45) is 6.86. The Labute approximate surface area is 110 Å². The largest absolute Gasteiger partial charge is 0.444 e. The molecule has 18 heavy (non-hydrogen) atoms. The monoisotopic (exact) mass is 252 g/mol. The third kappa shape index (κ3) is 4.97. The molecule has 0 heterocycles. The summed E-state index contributed by atoms with van der Waals surface area (Å²) in [4.78, 5) is 11.5. The molecule has 0 aromatic heterocycles. The standard InChI is InChI=1S/C14H24N2O2/c1-7-14(5,6)16-11-8-10(9-11)15-12(17)18-13(2,3)4/h1,10-11,16H,8-9H2,2-6H3,(H,15,17). The van der Waals surface area contributed by atoms with E-state index in [4.69, 9.17) is 11.2 Å². The molecule has 0 aromatic carbocycles. The third-order valence-corrected chi connectivity index (χ3v) is 2.78. The summed E-state index contributed by atoms with van der Waals surface area (Å²) in [5, 5.41) is 6.22. The molecule has 0 saturated heterocycles. The van der Waals surface area contributed by atoms with Crippen molar-refractivity contribution < 1.29 is 9.53 Å². The maximum Gasteiger partial charge on any atom is 0.407 e. The minimum atomic E-state index is -0.447. The van der Waals surface area contributed by atoms with E-state index in [9.17, 15) is 4.79 Å². The molecule has 1 saturated carbocycles. The van der Waals surface area contributed by atoms with E-state index in [1.165, 1.54) is 0 Å². The molecule has 4 heteroatoms. The lowest BCUT2D eigenvalue weighted by Gasteiger charge is -2.40. The van der Waals surface area contributed by atoms with Gasteiger partial charge in [0.15, 0.2) is 0 Å². The van der Waals surface area contributed by atoms with Crippen molar-refractivity contribution in [2.75, 3.05) is 0 Å². The van der Waals surface area contributed by atoms with Crippen molar-refractivity contribution in [1.29, 1.82) is 0 Å². The van der Waals surface area contributed by atoms with E-state index in [1.54, 1.807) is 0 Å². The first-order valence-corrected chi connectivity index (χ1v) is 6.36. The normalized spacial score (nSPS) is 23.8. The molecule has 1 aliphatic rings. The molecule has 1 rings (SSSR count). The van der Waals surface area contributed by atoms with Gasteiger partial charge < -0.3 is 10.1 Å². The Morgan fingerprint density at radius 1 is 1.22 bits per heavy atom. The number of nitrogens with one attached hydrogen (secondary N) is 2. The predicted octanol–water partition coefficient (Wildman–Crippen LogP) is 2.04. The smallest absolute Gasteiger partial charge is 0.407 e. The van der Waals surface area contributed by atoms with Gasteiger partial charge in [0.05, 0.1) is 5.54 Å². The van der Waals surface area contributed by atoms with Crippen LogP contribution in [0.1, 0.15) is 47.5 Å². The van der Waals surface area contributed by atoms with Crippen molar-refractivity contribution in [1.82, 2.24) is 10.6 Å². The predicted molar refractivity (Wildman–Crippen MR) is 72.2 cm³/mol. The van der Waals surface area contributed by atoms with Crippen LogP contribution in [0.4, 0.5) is 4.79 Å². The maximum absolute atomic E-state index is 11.5. The topological polar surface area (TPSA) is 50.4 Å². The van der Waals surface area contributed by atoms with Gasteiger partial charge in [0, 0.05) is 12.1 Å². The van der Waals surface area contributed by atoms with E-state index in [0.717, 1.165) is 12.8 Å². The van der Waals surface area contributed by atoms with Crippen LogP contribution >= 0.6 is 0 Å². The van der Waals surface area contributed by atoms with Gasteiger partial charge in [-0.1, -0.05) is 5.92 Å². The Kier molecular flexibility index (Phi) is 4.28. The first kappa shape index (κ1) is 14.8. The maximum atomic E-state index is 11.5. The number of rotatable bonds is 3. The lowest BCUT2D eigenvalue weighted by Crippen LogP contribution is -2.57. The molecule has 4 nitrogen and oxygen atoms in total. The molecule has 0 bridgehead atoms. The van der Waals surface area contributed by atoms with Gasteiger partial charge >= 0.3 is 6.09 Å². The second-order valence-electron chi connectivity index (χ2n) is 6.43.